The highest BCUT2D eigenvalue weighted by atomic mass is 16.6. The molecule has 0 amide bonds. The van der Waals surface area contributed by atoms with Crippen LogP contribution < -0.4 is 0 Å². The molecule has 0 bridgehead atoms. The average Bonchev–Trinajstić information content (AvgIpc) is 3.25. The Bertz CT molecular complexity index is 486. The summed E-state index contributed by atoms with van der Waals surface area (Å²) in [5.41, 5.74) is 0. The number of hydrogen-bond acceptors (Lipinski definition) is 7. The molecule has 0 N–H and O–H groups in total. The summed E-state index contributed by atoms with van der Waals surface area (Å²) >= 11 is 0. The highest BCUT2D eigenvalue weighted by Crippen LogP contribution is 2.22. The zero-order chi connectivity index (χ0) is 21.5. The summed E-state index contributed by atoms with van der Waals surface area (Å²) in [6, 6.07) is 0. The third kappa shape index (κ3) is 11.8. The van der Waals surface area contributed by atoms with Crippen LogP contribution in [0.2, 0.25) is 0 Å². The summed E-state index contributed by atoms with van der Waals surface area (Å²) in [6.45, 7) is 6.42. The van der Waals surface area contributed by atoms with E-state index in [0.29, 0.717) is 51.6 Å². The molecule has 1 saturated heterocycles. The molecule has 0 aromatic heterocycles. The summed E-state index contributed by atoms with van der Waals surface area (Å²) in [5, 5.41) is 0. The van der Waals surface area contributed by atoms with E-state index in [4.69, 9.17) is 18.9 Å². The SMILES string of the molecule is CCC(=O)OCCC[C@@H](CC[C@@H](CC[C@@H]1CCCO1)OC(=O)CC)OC(=O)CC. The second-order valence-corrected chi connectivity index (χ2v) is 7.44. The van der Waals surface area contributed by atoms with Crippen molar-refractivity contribution in [2.24, 2.45) is 0 Å². The van der Waals surface area contributed by atoms with E-state index < -0.39 is 0 Å². The van der Waals surface area contributed by atoms with Crippen molar-refractivity contribution in [2.45, 2.75) is 110 Å². The molecule has 29 heavy (non-hydrogen) atoms. The normalized spacial score (nSPS) is 18.1. The van der Waals surface area contributed by atoms with E-state index in [1.165, 1.54) is 0 Å². The Morgan fingerprint density at radius 2 is 1.45 bits per heavy atom. The minimum atomic E-state index is -0.270. The number of carbonyl (C=O) groups excluding carboxylic acids is 3. The number of hydrogen-bond donors (Lipinski definition) is 0. The summed E-state index contributed by atoms with van der Waals surface area (Å²) in [7, 11) is 0. The molecule has 0 aliphatic carbocycles. The predicted octanol–water partition coefficient (Wildman–Crippen LogP) is 4.10. The lowest BCUT2D eigenvalue weighted by atomic mass is 10.0. The molecular formula is C22H38O7. The van der Waals surface area contributed by atoms with Crippen LogP contribution in [0.3, 0.4) is 0 Å². The second kappa shape index (κ2) is 15.2. The zero-order valence-electron chi connectivity index (χ0n) is 18.3. The first-order chi connectivity index (χ1) is 14.0. The molecule has 1 aliphatic rings. The lowest BCUT2D eigenvalue weighted by Crippen LogP contribution is -2.24. The van der Waals surface area contributed by atoms with Crippen LogP contribution >= 0.6 is 0 Å². The molecule has 3 atom stereocenters. The first kappa shape index (κ1) is 25.4. The third-order valence-electron chi connectivity index (χ3n) is 5.04. The van der Waals surface area contributed by atoms with Crippen molar-refractivity contribution in [3.05, 3.63) is 0 Å². The van der Waals surface area contributed by atoms with Crippen molar-refractivity contribution in [1.82, 2.24) is 0 Å². The maximum absolute atomic E-state index is 11.8. The monoisotopic (exact) mass is 414 g/mol. The highest BCUT2D eigenvalue weighted by molar-refractivity contribution is 5.69. The van der Waals surface area contributed by atoms with E-state index in [9.17, 15) is 14.4 Å². The van der Waals surface area contributed by atoms with Gasteiger partial charge in [-0.2, -0.15) is 0 Å². The quantitative estimate of drug-likeness (QED) is 0.226. The van der Waals surface area contributed by atoms with Gasteiger partial charge in [-0.25, -0.2) is 0 Å². The van der Waals surface area contributed by atoms with E-state index in [-0.39, 0.29) is 36.2 Å². The Morgan fingerprint density at radius 1 is 0.862 bits per heavy atom. The fourth-order valence-corrected chi connectivity index (χ4v) is 3.28. The summed E-state index contributed by atoms with van der Waals surface area (Å²) in [6.07, 6.45) is 7.03. The van der Waals surface area contributed by atoms with Crippen molar-refractivity contribution in [3.8, 4) is 0 Å². The zero-order valence-corrected chi connectivity index (χ0v) is 18.3. The van der Waals surface area contributed by atoms with E-state index in [0.717, 1.165) is 32.3 Å². The standard InChI is InChI=1S/C22H38O7/c1-4-20(23)27-16-8-10-18(28-21(24)5-2)13-14-19(29-22(25)6-3)12-11-17-9-7-15-26-17/h17-19H,4-16H2,1-3H3/t17-,18-,19+/m0/s1. The molecule has 1 rings (SSSR count). The smallest absolute Gasteiger partial charge is 0.305 e. The molecule has 0 spiro atoms. The fraction of sp³-hybridized carbons (Fsp3) is 0.864. The molecule has 168 valence electrons. The Hall–Kier alpha value is -1.63. The lowest BCUT2D eigenvalue weighted by Gasteiger charge is -2.23. The molecule has 0 radical (unpaired) electrons. The molecule has 1 fully saturated rings. The van der Waals surface area contributed by atoms with Crippen molar-refractivity contribution in [3.63, 3.8) is 0 Å². The maximum Gasteiger partial charge on any atom is 0.305 e. The van der Waals surface area contributed by atoms with E-state index >= 15 is 0 Å². The predicted molar refractivity (Wildman–Crippen MR) is 108 cm³/mol. The molecule has 7 nitrogen and oxygen atoms in total. The molecule has 0 saturated carbocycles. The molecule has 0 aromatic rings. The Balaban J connectivity index is 2.51. The van der Waals surface area contributed by atoms with E-state index in [1.807, 2.05) is 0 Å². The van der Waals surface area contributed by atoms with Gasteiger partial charge in [-0.3, -0.25) is 14.4 Å². The average molecular weight is 415 g/mol. The van der Waals surface area contributed by atoms with Gasteiger partial charge >= 0.3 is 17.9 Å². The number of carbonyl (C=O) groups is 3. The number of ether oxygens (including phenoxy) is 4. The van der Waals surface area contributed by atoms with Gasteiger partial charge < -0.3 is 18.9 Å². The van der Waals surface area contributed by atoms with E-state index in [1.54, 1.807) is 20.8 Å². The second-order valence-electron chi connectivity index (χ2n) is 7.44. The molecule has 7 heteroatoms. The minimum absolute atomic E-state index is 0.201. The van der Waals surface area contributed by atoms with Crippen LogP contribution in [-0.2, 0) is 33.3 Å². The van der Waals surface area contributed by atoms with Gasteiger partial charge in [0.2, 0.25) is 0 Å². The highest BCUT2D eigenvalue weighted by Gasteiger charge is 2.22. The molecule has 0 unspecified atom stereocenters. The Morgan fingerprint density at radius 3 is 1.97 bits per heavy atom. The largest absolute Gasteiger partial charge is 0.466 e. The molecule has 1 heterocycles. The Kier molecular flexibility index (Phi) is 13.4. The van der Waals surface area contributed by atoms with Gasteiger partial charge in [-0.05, 0) is 51.4 Å². The molecule has 1 aliphatic heterocycles. The van der Waals surface area contributed by atoms with Crippen molar-refractivity contribution < 1.29 is 33.3 Å². The van der Waals surface area contributed by atoms with Gasteiger partial charge in [0.25, 0.3) is 0 Å². The molecular weight excluding hydrogens is 376 g/mol. The Labute approximate surface area is 174 Å². The van der Waals surface area contributed by atoms with Crippen LogP contribution in [0.1, 0.15) is 91.4 Å². The minimum Gasteiger partial charge on any atom is -0.466 e. The van der Waals surface area contributed by atoms with Gasteiger partial charge in [-0.15, -0.1) is 0 Å². The number of rotatable bonds is 15. The van der Waals surface area contributed by atoms with Gasteiger partial charge in [0.05, 0.1) is 12.7 Å². The third-order valence-corrected chi connectivity index (χ3v) is 5.04. The van der Waals surface area contributed by atoms with E-state index in [2.05, 4.69) is 0 Å². The van der Waals surface area contributed by atoms with Crippen LogP contribution in [-0.4, -0.2) is 49.4 Å². The number of esters is 3. The van der Waals surface area contributed by atoms with Crippen LogP contribution in [0.5, 0.6) is 0 Å². The van der Waals surface area contributed by atoms with Gasteiger partial charge in [0.15, 0.2) is 0 Å². The van der Waals surface area contributed by atoms with Crippen molar-refractivity contribution >= 4 is 17.9 Å². The van der Waals surface area contributed by atoms with Crippen LogP contribution in [0.15, 0.2) is 0 Å². The fourth-order valence-electron chi connectivity index (χ4n) is 3.28. The summed E-state index contributed by atoms with van der Waals surface area (Å²) in [4.78, 5) is 34.8. The topological polar surface area (TPSA) is 88.1 Å². The van der Waals surface area contributed by atoms with Gasteiger partial charge in [-0.1, -0.05) is 20.8 Å². The summed E-state index contributed by atoms with van der Waals surface area (Å²) in [5.74, 6) is -0.689. The van der Waals surface area contributed by atoms with Gasteiger partial charge in [0.1, 0.15) is 12.2 Å². The van der Waals surface area contributed by atoms with Crippen molar-refractivity contribution in [2.75, 3.05) is 13.2 Å². The summed E-state index contributed by atoms with van der Waals surface area (Å²) < 4.78 is 21.9. The lowest BCUT2D eigenvalue weighted by molar-refractivity contribution is -0.154. The van der Waals surface area contributed by atoms with Crippen LogP contribution in [0, 0.1) is 0 Å². The van der Waals surface area contributed by atoms with Gasteiger partial charge in [0, 0.05) is 25.9 Å². The van der Waals surface area contributed by atoms with Crippen molar-refractivity contribution in [1.29, 1.82) is 0 Å². The first-order valence-electron chi connectivity index (χ1n) is 11.1. The van der Waals surface area contributed by atoms with Crippen LogP contribution in [0.25, 0.3) is 0 Å². The molecule has 0 aromatic carbocycles. The first-order valence-corrected chi connectivity index (χ1v) is 11.1. The maximum atomic E-state index is 11.8. The van der Waals surface area contributed by atoms with Crippen LogP contribution in [0.4, 0.5) is 0 Å².